The second-order valence-corrected chi connectivity index (χ2v) is 6.03. The van der Waals surface area contributed by atoms with Crippen molar-refractivity contribution >= 4 is 5.78 Å². The van der Waals surface area contributed by atoms with Gasteiger partial charge in [-0.2, -0.15) is 0 Å². The molecule has 2 aromatic carbocycles. The number of hydrogen-bond donors (Lipinski definition) is 0. The van der Waals surface area contributed by atoms with Crippen molar-refractivity contribution in [2.45, 2.75) is 48.0 Å². The summed E-state index contributed by atoms with van der Waals surface area (Å²) in [4.78, 5) is 12.8. The quantitative estimate of drug-likeness (QED) is 0.726. The monoisotopic (exact) mass is 280 g/mol. The first-order chi connectivity index (χ1) is 9.84. The van der Waals surface area contributed by atoms with E-state index in [1.807, 2.05) is 18.2 Å². The smallest absolute Gasteiger partial charge is 0.167 e. The Bertz CT molecular complexity index is 679. The highest BCUT2D eigenvalue weighted by molar-refractivity contribution is 6.01. The van der Waals surface area contributed by atoms with Gasteiger partial charge in [0.05, 0.1) is 0 Å². The molecule has 1 heteroatoms. The fourth-order valence-corrected chi connectivity index (χ4v) is 2.99. The predicted octanol–water partition coefficient (Wildman–Crippen LogP) is 4.96. The molecule has 0 aliphatic heterocycles. The summed E-state index contributed by atoms with van der Waals surface area (Å²) in [6, 6.07) is 8.13. The van der Waals surface area contributed by atoms with Crippen LogP contribution in [0.1, 0.15) is 49.3 Å². The molecule has 0 amide bonds. The summed E-state index contributed by atoms with van der Waals surface area (Å²) < 4.78 is 0. The van der Waals surface area contributed by atoms with E-state index in [1.54, 1.807) is 0 Å². The van der Waals surface area contributed by atoms with Crippen molar-refractivity contribution in [3.05, 3.63) is 68.8 Å². The third-order valence-electron chi connectivity index (χ3n) is 4.89. The van der Waals surface area contributed by atoms with Crippen LogP contribution in [0.3, 0.4) is 0 Å². The largest absolute Gasteiger partial charge is 0.294 e. The maximum atomic E-state index is 12.8. The minimum absolute atomic E-state index is 0.227. The highest BCUT2D eigenvalue weighted by Crippen LogP contribution is 2.27. The average molecular weight is 280 g/mol. The molecule has 1 nitrogen and oxygen atoms in total. The first-order valence-corrected chi connectivity index (χ1v) is 7.49. The average Bonchev–Trinajstić information content (AvgIpc) is 2.46. The Kier molecular flexibility index (Phi) is 4.32. The van der Waals surface area contributed by atoms with Gasteiger partial charge in [0.25, 0.3) is 0 Å². The Morgan fingerprint density at radius 2 is 1.24 bits per heavy atom. The Labute approximate surface area is 128 Å². The Balaban J connectivity index is 2.48. The third-order valence-corrected chi connectivity index (χ3v) is 4.89. The SMILES string of the molecule is Cc1ccccc1CC(=O)c1c(C)c(C)c(C)c(C)c1C. The molecule has 2 aromatic rings. The van der Waals surface area contributed by atoms with E-state index in [1.165, 1.54) is 22.3 Å². The van der Waals surface area contributed by atoms with E-state index in [4.69, 9.17) is 0 Å². The zero-order chi connectivity index (χ0) is 15.7. The lowest BCUT2D eigenvalue weighted by molar-refractivity contribution is 0.0991. The van der Waals surface area contributed by atoms with Gasteiger partial charge in [0.1, 0.15) is 0 Å². The van der Waals surface area contributed by atoms with Gasteiger partial charge < -0.3 is 0 Å². The van der Waals surface area contributed by atoms with Crippen molar-refractivity contribution < 1.29 is 4.79 Å². The van der Waals surface area contributed by atoms with E-state index < -0.39 is 0 Å². The lowest BCUT2D eigenvalue weighted by atomic mass is 9.86. The molecule has 0 saturated heterocycles. The van der Waals surface area contributed by atoms with Gasteiger partial charge in [0, 0.05) is 12.0 Å². The standard InChI is InChI=1S/C20H24O/c1-12-9-7-8-10-18(12)11-19(21)20-16(5)14(3)13(2)15(4)17(20)6/h7-10H,11H2,1-6H3. The minimum Gasteiger partial charge on any atom is -0.294 e. The molecular weight excluding hydrogens is 256 g/mol. The number of aryl methyl sites for hydroxylation is 1. The van der Waals surface area contributed by atoms with Gasteiger partial charge in [-0.1, -0.05) is 24.3 Å². The zero-order valence-electron chi connectivity index (χ0n) is 13.9. The van der Waals surface area contributed by atoms with Crippen LogP contribution in [0.4, 0.5) is 0 Å². The van der Waals surface area contributed by atoms with Crippen LogP contribution in [0.25, 0.3) is 0 Å². The van der Waals surface area contributed by atoms with E-state index in [0.29, 0.717) is 6.42 Å². The number of benzene rings is 2. The Hall–Kier alpha value is -1.89. The molecule has 0 aromatic heterocycles. The molecule has 0 bridgehead atoms. The molecule has 0 N–H and O–H groups in total. The fourth-order valence-electron chi connectivity index (χ4n) is 2.99. The summed E-state index contributed by atoms with van der Waals surface area (Å²) in [5.41, 5.74) is 9.27. The normalized spacial score (nSPS) is 10.8. The van der Waals surface area contributed by atoms with E-state index >= 15 is 0 Å². The fraction of sp³-hybridized carbons (Fsp3) is 0.350. The molecule has 0 aliphatic carbocycles. The number of Topliss-reactive ketones (excluding diaryl/α,β-unsaturated/α-hetero) is 1. The molecular formula is C20H24O. The molecule has 0 heterocycles. The van der Waals surface area contributed by atoms with Crippen molar-refractivity contribution in [1.29, 1.82) is 0 Å². The summed E-state index contributed by atoms with van der Waals surface area (Å²) in [6.07, 6.45) is 0.482. The molecule has 0 radical (unpaired) electrons. The molecule has 21 heavy (non-hydrogen) atoms. The second-order valence-electron chi connectivity index (χ2n) is 6.03. The summed E-state index contributed by atoms with van der Waals surface area (Å²) in [6.45, 7) is 12.6. The van der Waals surface area contributed by atoms with E-state index in [9.17, 15) is 4.79 Å². The summed E-state index contributed by atoms with van der Waals surface area (Å²) in [5.74, 6) is 0.227. The number of rotatable bonds is 3. The molecule has 0 spiro atoms. The Morgan fingerprint density at radius 3 is 1.76 bits per heavy atom. The van der Waals surface area contributed by atoms with E-state index in [-0.39, 0.29) is 5.78 Å². The maximum Gasteiger partial charge on any atom is 0.167 e. The van der Waals surface area contributed by atoms with Crippen molar-refractivity contribution in [1.82, 2.24) is 0 Å². The van der Waals surface area contributed by atoms with Crippen LogP contribution in [-0.2, 0) is 6.42 Å². The number of ketones is 1. The number of carbonyl (C=O) groups excluding carboxylic acids is 1. The van der Waals surface area contributed by atoms with Crippen molar-refractivity contribution in [3.8, 4) is 0 Å². The Morgan fingerprint density at radius 1 is 0.762 bits per heavy atom. The molecule has 0 saturated carbocycles. The van der Waals surface area contributed by atoms with E-state index in [2.05, 4.69) is 47.6 Å². The third kappa shape index (κ3) is 2.78. The number of carbonyl (C=O) groups is 1. The minimum atomic E-state index is 0.227. The maximum absolute atomic E-state index is 12.8. The van der Waals surface area contributed by atoms with Crippen LogP contribution in [0, 0.1) is 41.5 Å². The van der Waals surface area contributed by atoms with Crippen LogP contribution in [0.15, 0.2) is 24.3 Å². The predicted molar refractivity (Wildman–Crippen MR) is 89.3 cm³/mol. The molecule has 0 unspecified atom stereocenters. The van der Waals surface area contributed by atoms with Gasteiger partial charge in [-0.05, 0) is 80.5 Å². The number of hydrogen-bond acceptors (Lipinski definition) is 1. The van der Waals surface area contributed by atoms with Crippen molar-refractivity contribution in [2.24, 2.45) is 0 Å². The van der Waals surface area contributed by atoms with Gasteiger partial charge in [-0.15, -0.1) is 0 Å². The summed E-state index contributed by atoms with van der Waals surface area (Å²) in [7, 11) is 0. The van der Waals surface area contributed by atoms with Crippen LogP contribution in [0.2, 0.25) is 0 Å². The first kappa shape index (κ1) is 15.5. The molecule has 0 fully saturated rings. The lowest BCUT2D eigenvalue weighted by Gasteiger charge is -2.18. The van der Waals surface area contributed by atoms with E-state index in [0.717, 1.165) is 22.3 Å². The summed E-state index contributed by atoms with van der Waals surface area (Å²) in [5, 5.41) is 0. The highest BCUT2D eigenvalue weighted by Gasteiger charge is 2.18. The lowest BCUT2D eigenvalue weighted by Crippen LogP contribution is -2.12. The van der Waals surface area contributed by atoms with Gasteiger partial charge in [0.15, 0.2) is 5.78 Å². The van der Waals surface area contributed by atoms with Gasteiger partial charge in [-0.25, -0.2) is 0 Å². The van der Waals surface area contributed by atoms with Crippen molar-refractivity contribution in [3.63, 3.8) is 0 Å². The zero-order valence-corrected chi connectivity index (χ0v) is 13.9. The molecule has 0 aliphatic rings. The molecule has 2 rings (SSSR count). The van der Waals surface area contributed by atoms with Crippen LogP contribution in [0.5, 0.6) is 0 Å². The van der Waals surface area contributed by atoms with Gasteiger partial charge in [0.2, 0.25) is 0 Å². The van der Waals surface area contributed by atoms with Gasteiger partial charge >= 0.3 is 0 Å². The first-order valence-electron chi connectivity index (χ1n) is 7.49. The van der Waals surface area contributed by atoms with Crippen LogP contribution >= 0.6 is 0 Å². The highest BCUT2D eigenvalue weighted by atomic mass is 16.1. The summed E-state index contributed by atoms with van der Waals surface area (Å²) >= 11 is 0. The molecule has 0 atom stereocenters. The van der Waals surface area contributed by atoms with Crippen LogP contribution in [-0.4, -0.2) is 5.78 Å². The molecule has 110 valence electrons. The van der Waals surface area contributed by atoms with Gasteiger partial charge in [-0.3, -0.25) is 4.79 Å². The topological polar surface area (TPSA) is 17.1 Å². The van der Waals surface area contributed by atoms with Crippen molar-refractivity contribution in [2.75, 3.05) is 0 Å². The van der Waals surface area contributed by atoms with Crippen LogP contribution < -0.4 is 0 Å². The second kappa shape index (κ2) is 5.85.